The summed E-state index contributed by atoms with van der Waals surface area (Å²) in [6, 6.07) is 8.76. The van der Waals surface area contributed by atoms with Gasteiger partial charge in [0.25, 0.3) is 0 Å². The van der Waals surface area contributed by atoms with Crippen molar-refractivity contribution in [3.63, 3.8) is 0 Å². The number of nitrogens with one attached hydrogen (secondary N) is 1. The summed E-state index contributed by atoms with van der Waals surface area (Å²) < 4.78 is 27.8. The SMILES string of the molecule is COCc1cc(NCCc2ccc(S(C)(=O)=O)cc2)ncn1. The van der Waals surface area contributed by atoms with Crippen LogP contribution in [-0.2, 0) is 27.6 Å². The molecule has 2 rings (SSSR count). The summed E-state index contributed by atoms with van der Waals surface area (Å²) in [7, 11) is -1.52. The van der Waals surface area contributed by atoms with Crippen LogP contribution in [0.2, 0.25) is 0 Å². The van der Waals surface area contributed by atoms with E-state index in [-0.39, 0.29) is 0 Å². The number of hydrogen-bond acceptors (Lipinski definition) is 6. The first-order valence-corrected chi connectivity index (χ1v) is 8.71. The summed E-state index contributed by atoms with van der Waals surface area (Å²) >= 11 is 0. The van der Waals surface area contributed by atoms with Crippen molar-refractivity contribution in [3.8, 4) is 0 Å². The van der Waals surface area contributed by atoms with Crippen LogP contribution in [0.15, 0.2) is 41.6 Å². The number of ether oxygens (including phenoxy) is 1. The minimum atomic E-state index is -3.14. The van der Waals surface area contributed by atoms with E-state index >= 15 is 0 Å². The Balaban J connectivity index is 1.90. The van der Waals surface area contributed by atoms with Gasteiger partial charge in [0.05, 0.1) is 17.2 Å². The minimum absolute atomic E-state index is 0.337. The number of benzene rings is 1. The van der Waals surface area contributed by atoms with Gasteiger partial charge in [-0.05, 0) is 24.1 Å². The van der Waals surface area contributed by atoms with E-state index in [9.17, 15) is 8.42 Å². The van der Waals surface area contributed by atoms with Gasteiger partial charge in [0, 0.05) is 26.0 Å². The third-order valence-corrected chi connectivity index (χ3v) is 4.22. The Labute approximate surface area is 130 Å². The molecule has 0 fully saturated rings. The monoisotopic (exact) mass is 321 g/mol. The molecule has 1 N–H and O–H groups in total. The number of hydrogen-bond donors (Lipinski definition) is 1. The van der Waals surface area contributed by atoms with Crippen LogP contribution in [0, 0.1) is 0 Å². The van der Waals surface area contributed by atoms with Gasteiger partial charge in [-0.25, -0.2) is 18.4 Å². The largest absolute Gasteiger partial charge is 0.378 e. The first-order valence-electron chi connectivity index (χ1n) is 6.82. The lowest BCUT2D eigenvalue weighted by Crippen LogP contribution is -2.07. The highest BCUT2D eigenvalue weighted by molar-refractivity contribution is 7.90. The molecule has 0 bridgehead atoms. The van der Waals surface area contributed by atoms with Gasteiger partial charge >= 0.3 is 0 Å². The molecule has 0 amide bonds. The van der Waals surface area contributed by atoms with Gasteiger partial charge in [0.1, 0.15) is 12.1 Å². The Morgan fingerprint density at radius 2 is 1.91 bits per heavy atom. The Morgan fingerprint density at radius 1 is 1.18 bits per heavy atom. The van der Waals surface area contributed by atoms with E-state index in [1.54, 1.807) is 19.2 Å². The maximum atomic E-state index is 11.4. The van der Waals surface area contributed by atoms with Gasteiger partial charge in [0.2, 0.25) is 0 Å². The first-order chi connectivity index (χ1) is 10.5. The number of aromatic nitrogens is 2. The van der Waals surface area contributed by atoms with Crippen LogP contribution in [-0.4, -0.2) is 38.3 Å². The molecule has 2 aromatic rings. The minimum Gasteiger partial charge on any atom is -0.378 e. The molecule has 0 aliphatic carbocycles. The Bertz CT molecular complexity index is 715. The molecule has 7 heteroatoms. The van der Waals surface area contributed by atoms with Crippen molar-refractivity contribution in [2.75, 3.05) is 25.2 Å². The number of rotatable bonds is 7. The second kappa shape index (κ2) is 7.33. The molecule has 1 aromatic carbocycles. The zero-order valence-electron chi connectivity index (χ0n) is 12.6. The second-order valence-electron chi connectivity index (χ2n) is 4.92. The second-order valence-corrected chi connectivity index (χ2v) is 6.94. The van der Waals surface area contributed by atoms with E-state index in [4.69, 9.17) is 4.74 Å². The van der Waals surface area contributed by atoms with Crippen LogP contribution >= 0.6 is 0 Å². The fourth-order valence-electron chi connectivity index (χ4n) is 1.96. The fourth-order valence-corrected chi connectivity index (χ4v) is 2.59. The molecule has 0 spiro atoms. The lowest BCUT2D eigenvalue weighted by molar-refractivity contribution is 0.181. The van der Waals surface area contributed by atoms with Gasteiger partial charge in [0.15, 0.2) is 9.84 Å². The van der Waals surface area contributed by atoms with E-state index in [1.165, 1.54) is 12.6 Å². The zero-order chi connectivity index (χ0) is 16.0. The number of anilines is 1. The van der Waals surface area contributed by atoms with Gasteiger partial charge in [-0.15, -0.1) is 0 Å². The van der Waals surface area contributed by atoms with Crippen molar-refractivity contribution in [2.24, 2.45) is 0 Å². The van der Waals surface area contributed by atoms with Gasteiger partial charge < -0.3 is 10.1 Å². The number of sulfone groups is 1. The van der Waals surface area contributed by atoms with Crippen molar-refractivity contribution in [2.45, 2.75) is 17.9 Å². The van der Waals surface area contributed by atoms with Crippen molar-refractivity contribution < 1.29 is 13.2 Å². The van der Waals surface area contributed by atoms with Crippen molar-refractivity contribution in [1.29, 1.82) is 0 Å². The molecular weight excluding hydrogens is 302 g/mol. The molecule has 0 unspecified atom stereocenters. The average molecular weight is 321 g/mol. The molecule has 1 aromatic heterocycles. The maximum absolute atomic E-state index is 11.4. The molecule has 22 heavy (non-hydrogen) atoms. The van der Waals surface area contributed by atoms with Crippen molar-refractivity contribution in [1.82, 2.24) is 9.97 Å². The van der Waals surface area contributed by atoms with E-state index in [2.05, 4.69) is 15.3 Å². The van der Waals surface area contributed by atoms with Gasteiger partial charge in [-0.1, -0.05) is 12.1 Å². The molecule has 0 aliphatic heterocycles. The lowest BCUT2D eigenvalue weighted by Gasteiger charge is -2.07. The predicted octanol–water partition coefficient (Wildman–Crippen LogP) is 1.68. The Hall–Kier alpha value is -1.99. The molecule has 118 valence electrons. The molecule has 6 nitrogen and oxygen atoms in total. The molecule has 0 atom stereocenters. The van der Waals surface area contributed by atoms with Crippen LogP contribution in [0.4, 0.5) is 5.82 Å². The third kappa shape index (κ3) is 4.78. The first kappa shape index (κ1) is 16.4. The van der Waals surface area contributed by atoms with Crippen molar-refractivity contribution in [3.05, 3.63) is 47.9 Å². The summed E-state index contributed by atoms with van der Waals surface area (Å²) in [4.78, 5) is 8.57. The smallest absolute Gasteiger partial charge is 0.175 e. The average Bonchev–Trinajstić information content (AvgIpc) is 2.48. The lowest BCUT2D eigenvalue weighted by atomic mass is 10.1. The summed E-state index contributed by atoms with van der Waals surface area (Å²) in [5, 5.41) is 3.21. The Kier molecular flexibility index (Phi) is 5.46. The normalized spacial score (nSPS) is 11.4. The zero-order valence-corrected chi connectivity index (χ0v) is 13.4. The number of methoxy groups -OCH3 is 1. The highest BCUT2D eigenvalue weighted by Gasteiger charge is 2.06. The van der Waals surface area contributed by atoms with Crippen LogP contribution < -0.4 is 5.32 Å². The molecule has 0 saturated heterocycles. The Morgan fingerprint density at radius 3 is 2.55 bits per heavy atom. The summed E-state index contributed by atoms with van der Waals surface area (Å²) in [6.45, 7) is 1.14. The van der Waals surface area contributed by atoms with Crippen LogP contribution in [0.5, 0.6) is 0 Å². The summed E-state index contributed by atoms with van der Waals surface area (Å²) in [6.07, 6.45) is 3.47. The van der Waals surface area contributed by atoms with E-state index in [1.807, 2.05) is 18.2 Å². The molecular formula is C15H19N3O3S. The summed E-state index contributed by atoms with van der Waals surface area (Å²) in [5.74, 6) is 0.745. The summed E-state index contributed by atoms with van der Waals surface area (Å²) in [5.41, 5.74) is 1.88. The van der Waals surface area contributed by atoms with Gasteiger partial charge in [-0.3, -0.25) is 0 Å². The predicted molar refractivity (Wildman–Crippen MR) is 84.5 cm³/mol. The topological polar surface area (TPSA) is 81.2 Å². The molecule has 0 saturated carbocycles. The van der Waals surface area contributed by atoms with Crippen LogP contribution in [0.1, 0.15) is 11.3 Å². The quantitative estimate of drug-likeness (QED) is 0.835. The highest BCUT2D eigenvalue weighted by Crippen LogP contribution is 2.11. The highest BCUT2D eigenvalue weighted by atomic mass is 32.2. The third-order valence-electron chi connectivity index (χ3n) is 3.09. The molecule has 1 heterocycles. The van der Waals surface area contributed by atoms with E-state index in [0.717, 1.165) is 23.5 Å². The molecule has 0 aliphatic rings. The molecule has 0 radical (unpaired) electrons. The van der Waals surface area contributed by atoms with Crippen LogP contribution in [0.3, 0.4) is 0 Å². The van der Waals surface area contributed by atoms with Crippen molar-refractivity contribution >= 4 is 15.7 Å². The number of nitrogens with zero attached hydrogens (tertiary/aromatic N) is 2. The standard InChI is InChI=1S/C15H19N3O3S/c1-21-10-13-9-15(18-11-17-13)16-8-7-12-3-5-14(6-4-12)22(2,19)20/h3-6,9,11H,7-8,10H2,1-2H3,(H,16,17,18). The van der Waals surface area contributed by atoms with Crippen LogP contribution in [0.25, 0.3) is 0 Å². The van der Waals surface area contributed by atoms with E-state index in [0.29, 0.717) is 18.0 Å². The fraction of sp³-hybridized carbons (Fsp3) is 0.333. The van der Waals surface area contributed by atoms with Gasteiger partial charge in [-0.2, -0.15) is 0 Å². The van der Waals surface area contributed by atoms with E-state index < -0.39 is 9.84 Å². The maximum Gasteiger partial charge on any atom is 0.175 e.